The fourth-order valence-electron chi connectivity index (χ4n) is 5.54. The third-order valence-corrected chi connectivity index (χ3v) is 9.59. The molecule has 48 heavy (non-hydrogen) atoms. The Hall–Kier alpha value is -3.37. The molecule has 2 amide bonds. The summed E-state index contributed by atoms with van der Waals surface area (Å²) in [5.41, 5.74) is 6.96. The molecule has 0 fully saturated rings. The van der Waals surface area contributed by atoms with Crippen molar-refractivity contribution >= 4 is 57.8 Å². The quantitative estimate of drug-likeness (QED) is 0.184. The average molecular weight is 797 g/mol. The molecule has 2 heterocycles. The minimum absolute atomic E-state index is 0.0443. The van der Waals surface area contributed by atoms with Gasteiger partial charge in [0.1, 0.15) is 11.8 Å². The molecule has 0 unspecified atom stereocenters. The highest BCUT2D eigenvalue weighted by Crippen LogP contribution is 2.33. The number of methoxy groups -OCH3 is 2. The molecule has 1 aromatic heterocycles. The first-order valence-corrected chi connectivity index (χ1v) is 16.7. The number of nitrogens with two attached hydrogens (primary N) is 1. The number of hydrogen-bond acceptors (Lipinski definition) is 10. The highest BCUT2D eigenvalue weighted by Gasteiger charge is 2.36. The van der Waals surface area contributed by atoms with E-state index < -0.39 is 53.9 Å². The highest BCUT2D eigenvalue weighted by atomic mass is 127. The number of nitrogens with zero attached hydrogens (tertiary/aromatic N) is 1. The molecule has 2 aliphatic rings. The molecule has 0 aromatic carbocycles. The van der Waals surface area contributed by atoms with Crippen molar-refractivity contribution in [2.24, 2.45) is 17.6 Å². The number of carbonyl (C=O) groups is 4. The molecule has 0 saturated carbocycles. The fourth-order valence-corrected chi connectivity index (χ4v) is 6.36. The molecule has 2 bridgehead atoms. The van der Waals surface area contributed by atoms with Gasteiger partial charge in [-0.3, -0.25) is 19.4 Å². The summed E-state index contributed by atoms with van der Waals surface area (Å²) in [6.45, 7) is 7.09. The van der Waals surface area contributed by atoms with Crippen molar-refractivity contribution < 1.29 is 38.5 Å². The van der Waals surface area contributed by atoms with Crippen LogP contribution in [0, 0.1) is 11.8 Å². The molecular formula is C34H42ClIN4O8. The van der Waals surface area contributed by atoms with Gasteiger partial charge in [-0.25, -0.2) is 4.79 Å². The predicted molar refractivity (Wildman–Crippen MR) is 189 cm³/mol. The molecule has 1 aliphatic carbocycles. The Kier molecular flexibility index (Phi) is 14.5. The zero-order valence-corrected chi connectivity index (χ0v) is 30.6. The van der Waals surface area contributed by atoms with Gasteiger partial charge in [0.2, 0.25) is 11.6 Å². The zero-order valence-electron chi connectivity index (χ0n) is 27.7. The first-order valence-electron chi connectivity index (χ1n) is 15.3. The van der Waals surface area contributed by atoms with Crippen LogP contribution in [0.5, 0.6) is 0 Å². The van der Waals surface area contributed by atoms with Crippen LogP contribution in [0.2, 0.25) is 5.02 Å². The van der Waals surface area contributed by atoms with Crippen molar-refractivity contribution in [1.29, 1.82) is 0 Å². The van der Waals surface area contributed by atoms with Gasteiger partial charge in [0, 0.05) is 60.8 Å². The Bertz CT molecular complexity index is 1570. The van der Waals surface area contributed by atoms with Crippen molar-refractivity contribution in [3.63, 3.8) is 0 Å². The van der Waals surface area contributed by atoms with Gasteiger partial charge in [-0.15, -0.1) is 0 Å². The second-order valence-electron chi connectivity index (χ2n) is 11.8. The van der Waals surface area contributed by atoms with Crippen molar-refractivity contribution in [1.82, 2.24) is 15.6 Å². The predicted octanol–water partition coefficient (Wildman–Crippen LogP) is 4.36. The van der Waals surface area contributed by atoms with Gasteiger partial charge in [-0.2, -0.15) is 0 Å². The summed E-state index contributed by atoms with van der Waals surface area (Å²) in [5.74, 6) is -2.30. The van der Waals surface area contributed by atoms with Gasteiger partial charge in [0.15, 0.2) is 6.10 Å². The van der Waals surface area contributed by atoms with Crippen LogP contribution in [-0.2, 0) is 35.1 Å². The lowest BCUT2D eigenvalue weighted by Crippen LogP contribution is -2.38. The molecular weight excluding hydrogens is 755 g/mol. The number of rotatable bonds is 6. The van der Waals surface area contributed by atoms with E-state index in [0.29, 0.717) is 22.6 Å². The minimum atomic E-state index is -1.01. The summed E-state index contributed by atoms with van der Waals surface area (Å²) < 4.78 is 16.7. The number of amides is 2. The maximum atomic E-state index is 14.1. The van der Waals surface area contributed by atoms with E-state index in [9.17, 15) is 24.3 Å². The Morgan fingerprint density at radius 3 is 2.52 bits per heavy atom. The number of ketones is 2. The Balaban J connectivity index is 2.11. The monoisotopic (exact) mass is 796 g/mol. The van der Waals surface area contributed by atoms with Crippen LogP contribution < -0.4 is 16.4 Å². The number of ether oxygens (including phenoxy) is 3. The summed E-state index contributed by atoms with van der Waals surface area (Å²) in [6.07, 6.45) is 5.55. The minimum Gasteiger partial charge on any atom is -0.439 e. The van der Waals surface area contributed by atoms with Crippen molar-refractivity contribution in [2.75, 3.05) is 14.2 Å². The van der Waals surface area contributed by atoms with Crippen molar-refractivity contribution in [3.05, 3.63) is 85.0 Å². The van der Waals surface area contributed by atoms with Gasteiger partial charge in [0.25, 0.3) is 5.91 Å². The van der Waals surface area contributed by atoms with Crippen LogP contribution in [0.1, 0.15) is 46.1 Å². The molecule has 0 saturated heterocycles. The summed E-state index contributed by atoms with van der Waals surface area (Å²) in [4.78, 5) is 57.0. The van der Waals surface area contributed by atoms with Gasteiger partial charge >= 0.3 is 6.09 Å². The second kappa shape index (κ2) is 17.9. The average Bonchev–Trinajstić information content (AvgIpc) is 3.04. The number of carbonyl (C=O) groups excluding carboxylic acids is 4. The number of Topliss-reactive ketones (excluding diaryl/α,β-unsaturated/α-hetero) is 2. The first kappa shape index (κ1) is 39.1. The van der Waals surface area contributed by atoms with Crippen molar-refractivity contribution in [3.8, 4) is 0 Å². The van der Waals surface area contributed by atoms with E-state index in [-0.39, 0.29) is 45.0 Å². The molecule has 1 aromatic rings. The van der Waals surface area contributed by atoms with Crippen LogP contribution in [0.15, 0.2) is 74.5 Å². The smallest absolute Gasteiger partial charge is 0.405 e. The van der Waals surface area contributed by atoms with Crippen LogP contribution in [0.4, 0.5) is 4.79 Å². The van der Waals surface area contributed by atoms with E-state index in [1.165, 1.54) is 20.3 Å². The molecule has 0 radical (unpaired) electrons. The number of aromatic nitrogens is 1. The van der Waals surface area contributed by atoms with E-state index >= 15 is 0 Å². The SMILES string of the molecule is CO[C@H]1/C=C\C=C(/C)C(=O)NC2=C(I)C(=O)C(NCc3cnccc3Cl)=C(C[C@@H](C)C[C@H](OC)[C@H](O)[C@@H](C)/C=C(\C)[C@@H]1OC(N)=O)C2=O. The number of halogens is 2. The zero-order chi connectivity index (χ0) is 35.7. The fraction of sp³-hybridized carbons (Fsp3) is 0.441. The number of fused-ring (bicyclic) bond motifs is 2. The Labute approximate surface area is 299 Å². The van der Waals surface area contributed by atoms with Gasteiger partial charge < -0.3 is 35.7 Å². The van der Waals surface area contributed by atoms with Gasteiger partial charge in [-0.05, 0) is 66.8 Å². The van der Waals surface area contributed by atoms with Crippen LogP contribution >= 0.6 is 34.2 Å². The molecule has 3 rings (SSSR count). The van der Waals surface area contributed by atoms with Crippen LogP contribution in [0.3, 0.4) is 0 Å². The molecule has 5 N–H and O–H groups in total. The Morgan fingerprint density at radius 2 is 1.90 bits per heavy atom. The summed E-state index contributed by atoms with van der Waals surface area (Å²) in [6, 6.07) is 1.63. The maximum Gasteiger partial charge on any atom is 0.405 e. The number of aliphatic hydroxyl groups excluding tert-OH is 1. The summed E-state index contributed by atoms with van der Waals surface area (Å²) in [5, 5.41) is 17.6. The lowest BCUT2D eigenvalue weighted by atomic mass is 9.85. The largest absolute Gasteiger partial charge is 0.439 e. The van der Waals surface area contributed by atoms with E-state index in [1.54, 1.807) is 80.1 Å². The summed E-state index contributed by atoms with van der Waals surface area (Å²) >= 11 is 8.09. The number of nitrogens with one attached hydrogen (secondary N) is 2. The molecule has 6 atom stereocenters. The van der Waals surface area contributed by atoms with Crippen LogP contribution in [-0.4, -0.2) is 72.3 Å². The molecule has 14 heteroatoms. The molecule has 260 valence electrons. The topological polar surface area (TPSA) is 179 Å². The van der Waals surface area contributed by atoms with E-state index in [4.69, 9.17) is 31.5 Å². The number of allylic oxidation sites excluding steroid dienone is 4. The number of aliphatic hydroxyl groups is 1. The Morgan fingerprint density at radius 1 is 1.19 bits per heavy atom. The van der Waals surface area contributed by atoms with Crippen LogP contribution in [0.25, 0.3) is 0 Å². The normalized spacial score (nSPS) is 29.4. The number of primary amides is 1. The second-order valence-corrected chi connectivity index (χ2v) is 13.3. The number of pyridine rings is 1. The molecule has 12 nitrogen and oxygen atoms in total. The third-order valence-electron chi connectivity index (χ3n) is 8.19. The molecule has 0 spiro atoms. The summed E-state index contributed by atoms with van der Waals surface area (Å²) in [7, 11) is 2.91. The third kappa shape index (κ3) is 9.84. The lowest BCUT2D eigenvalue weighted by molar-refractivity contribution is -0.120. The van der Waals surface area contributed by atoms with E-state index in [0.717, 1.165) is 0 Å². The van der Waals surface area contributed by atoms with Gasteiger partial charge in [-0.1, -0.05) is 49.8 Å². The van der Waals surface area contributed by atoms with Crippen molar-refractivity contribution in [2.45, 2.75) is 71.5 Å². The first-order chi connectivity index (χ1) is 22.7. The van der Waals surface area contributed by atoms with E-state index in [1.807, 2.05) is 6.92 Å². The lowest BCUT2D eigenvalue weighted by Gasteiger charge is -2.30. The highest BCUT2D eigenvalue weighted by molar-refractivity contribution is 14.1. The number of hydrogen-bond donors (Lipinski definition) is 4. The molecule has 1 aliphatic heterocycles. The van der Waals surface area contributed by atoms with E-state index in [2.05, 4.69) is 15.6 Å². The maximum absolute atomic E-state index is 14.1. The standard InChI is InChI=1S/C34H42ClIN4O8/c1-17-12-22-27(39-16-21-15-38-11-10-23(21)35)31(43)26(36)28(30(22)42)40-33(44)18(2)8-7-9-24(46-5)32(48-34(37)45)20(4)14-19(3)29(41)25(13-17)47-6/h7-11,14-15,17,19,24-25,29,32,39,41H,12-13,16H2,1-6H3,(H2,37,45)(H,40,44)/b9-7-,18-8+,20-14+/t17-,19+,24+,25+,29-,32+/m1/s1. The van der Waals surface area contributed by atoms with Gasteiger partial charge in [0.05, 0.1) is 21.5 Å².